The van der Waals surface area contributed by atoms with Crippen LogP contribution in [0.5, 0.6) is 5.75 Å². The second-order valence-electron chi connectivity index (χ2n) is 6.97. The quantitative estimate of drug-likeness (QED) is 0.425. The Labute approximate surface area is 190 Å². The Morgan fingerprint density at radius 2 is 1.58 bits per heavy atom. The highest BCUT2D eigenvalue weighted by Crippen LogP contribution is 2.43. The van der Waals surface area contributed by atoms with E-state index in [-0.39, 0.29) is 11.8 Å². The number of carbonyl (C=O) groups is 2. The van der Waals surface area contributed by atoms with Gasteiger partial charge in [0, 0.05) is 9.92 Å². The zero-order valence-corrected chi connectivity index (χ0v) is 18.7. The van der Waals surface area contributed by atoms with Crippen molar-refractivity contribution in [1.29, 1.82) is 0 Å². The molecule has 0 saturated carbocycles. The number of anilines is 1. The molecule has 0 saturated heterocycles. The maximum absolute atomic E-state index is 13.6. The summed E-state index contributed by atoms with van der Waals surface area (Å²) in [6.07, 6.45) is 0. The van der Waals surface area contributed by atoms with E-state index in [0.717, 1.165) is 10.5 Å². The van der Waals surface area contributed by atoms with Gasteiger partial charge in [-0.1, -0.05) is 65.3 Å². The fourth-order valence-corrected chi connectivity index (χ4v) is 4.46. The molecule has 6 heteroatoms. The van der Waals surface area contributed by atoms with Gasteiger partial charge in [-0.25, -0.2) is 4.90 Å². The summed E-state index contributed by atoms with van der Waals surface area (Å²) >= 11 is 7.27. The molecule has 4 rings (SSSR count). The monoisotopic (exact) mass is 449 g/mol. The molecule has 0 fully saturated rings. The highest BCUT2D eigenvalue weighted by atomic mass is 35.5. The summed E-state index contributed by atoms with van der Waals surface area (Å²) in [6.45, 7) is 4.27. The number of imide groups is 1. The number of nitrogens with zero attached hydrogens (tertiary/aromatic N) is 1. The number of hydrogen-bond acceptors (Lipinski definition) is 4. The van der Waals surface area contributed by atoms with Crippen molar-refractivity contribution in [2.24, 2.45) is 0 Å². The van der Waals surface area contributed by atoms with Crippen molar-refractivity contribution in [2.75, 3.05) is 11.5 Å². The van der Waals surface area contributed by atoms with Crippen LogP contribution in [-0.2, 0) is 9.59 Å². The first kappa shape index (κ1) is 21.2. The number of hydrogen-bond donors (Lipinski definition) is 0. The minimum Gasteiger partial charge on any atom is -0.492 e. The van der Waals surface area contributed by atoms with Crippen molar-refractivity contribution in [3.8, 4) is 5.75 Å². The van der Waals surface area contributed by atoms with E-state index in [2.05, 4.69) is 0 Å². The van der Waals surface area contributed by atoms with Crippen LogP contribution < -0.4 is 9.64 Å². The summed E-state index contributed by atoms with van der Waals surface area (Å²) in [4.78, 5) is 29.5. The molecular formula is C25H20ClNO3S. The average Bonchev–Trinajstić information content (AvgIpc) is 3.01. The van der Waals surface area contributed by atoms with Gasteiger partial charge >= 0.3 is 0 Å². The third-order valence-electron chi connectivity index (χ3n) is 4.82. The molecule has 0 spiro atoms. The third-order valence-corrected chi connectivity index (χ3v) is 6.16. The van der Waals surface area contributed by atoms with Gasteiger partial charge in [0.15, 0.2) is 0 Å². The van der Waals surface area contributed by atoms with Gasteiger partial charge in [0.2, 0.25) is 0 Å². The maximum atomic E-state index is 13.6. The number of aryl methyl sites for hydroxylation is 1. The van der Waals surface area contributed by atoms with Crippen molar-refractivity contribution >= 4 is 46.4 Å². The molecule has 156 valence electrons. The molecule has 1 aliphatic rings. The van der Waals surface area contributed by atoms with E-state index in [4.69, 9.17) is 16.3 Å². The number of benzene rings is 3. The topological polar surface area (TPSA) is 46.6 Å². The Morgan fingerprint density at radius 3 is 2.26 bits per heavy atom. The number of carbonyl (C=O) groups excluding carboxylic acids is 2. The number of ether oxygens (including phenoxy) is 1. The van der Waals surface area contributed by atoms with E-state index in [9.17, 15) is 9.59 Å². The lowest BCUT2D eigenvalue weighted by atomic mass is 10.0. The number of thioether (sulfide) groups is 1. The number of rotatable bonds is 6. The van der Waals surface area contributed by atoms with Gasteiger partial charge in [-0.2, -0.15) is 0 Å². The number of para-hydroxylation sites is 2. The van der Waals surface area contributed by atoms with Crippen LogP contribution in [0.25, 0.3) is 5.57 Å². The molecule has 1 heterocycles. The summed E-state index contributed by atoms with van der Waals surface area (Å²) in [5.41, 5.74) is 2.61. The zero-order chi connectivity index (χ0) is 22.0. The predicted octanol–water partition coefficient (Wildman–Crippen LogP) is 6.12. The van der Waals surface area contributed by atoms with Gasteiger partial charge in [-0.3, -0.25) is 9.59 Å². The van der Waals surface area contributed by atoms with E-state index in [1.54, 1.807) is 30.3 Å². The molecule has 0 radical (unpaired) electrons. The van der Waals surface area contributed by atoms with Crippen molar-refractivity contribution < 1.29 is 14.3 Å². The van der Waals surface area contributed by atoms with E-state index in [1.807, 2.05) is 56.3 Å². The third kappa shape index (κ3) is 4.24. The second-order valence-corrected chi connectivity index (χ2v) is 8.49. The predicted molar refractivity (Wildman–Crippen MR) is 126 cm³/mol. The molecule has 0 aliphatic carbocycles. The lowest BCUT2D eigenvalue weighted by Gasteiger charge is -2.18. The van der Waals surface area contributed by atoms with Gasteiger partial charge in [0.25, 0.3) is 11.8 Å². The van der Waals surface area contributed by atoms with Crippen molar-refractivity contribution in [3.63, 3.8) is 0 Å². The maximum Gasteiger partial charge on any atom is 0.273 e. The lowest BCUT2D eigenvalue weighted by molar-refractivity contribution is -0.119. The number of amides is 2. The van der Waals surface area contributed by atoms with Crippen LogP contribution >= 0.6 is 23.4 Å². The summed E-state index contributed by atoms with van der Waals surface area (Å²) in [7, 11) is 0. The Hall–Kier alpha value is -3.02. The number of halogens is 1. The van der Waals surface area contributed by atoms with E-state index in [0.29, 0.717) is 39.1 Å². The van der Waals surface area contributed by atoms with Crippen LogP contribution in [-0.4, -0.2) is 18.4 Å². The zero-order valence-electron chi connectivity index (χ0n) is 17.1. The normalized spacial score (nSPS) is 13.8. The van der Waals surface area contributed by atoms with Crippen LogP contribution in [0.2, 0.25) is 5.02 Å². The minimum atomic E-state index is -0.368. The molecule has 2 amide bonds. The van der Waals surface area contributed by atoms with Crippen molar-refractivity contribution in [1.82, 2.24) is 0 Å². The highest BCUT2D eigenvalue weighted by Gasteiger charge is 2.41. The molecule has 3 aromatic rings. The Balaban J connectivity index is 1.82. The molecule has 0 unspecified atom stereocenters. The van der Waals surface area contributed by atoms with E-state index >= 15 is 0 Å². The fourth-order valence-electron chi connectivity index (χ4n) is 3.34. The summed E-state index contributed by atoms with van der Waals surface area (Å²) < 4.78 is 5.68. The summed E-state index contributed by atoms with van der Waals surface area (Å²) in [5, 5.41) is 0.609. The van der Waals surface area contributed by atoms with Gasteiger partial charge in [-0.05, 0) is 55.8 Å². The fraction of sp³-hybridized carbons (Fsp3) is 0.120. The highest BCUT2D eigenvalue weighted by molar-refractivity contribution is 8.04. The minimum absolute atomic E-state index is 0.363. The van der Waals surface area contributed by atoms with Crippen molar-refractivity contribution in [2.45, 2.75) is 18.7 Å². The van der Waals surface area contributed by atoms with Gasteiger partial charge < -0.3 is 4.74 Å². The van der Waals surface area contributed by atoms with Gasteiger partial charge in [-0.15, -0.1) is 0 Å². The molecule has 31 heavy (non-hydrogen) atoms. The first-order chi connectivity index (χ1) is 15.0. The first-order valence-electron chi connectivity index (χ1n) is 9.85. The van der Waals surface area contributed by atoms with Crippen LogP contribution in [0.3, 0.4) is 0 Å². The smallest absolute Gasteiger partial charge is 0.273 e. The van der Waals surface area contributed by atoms with E-state index < -0.39 is 0 Å². The SMILES string of the molecule is CCOc1ccccc1N1C(=O)C(Sc2ccc(Cl)cc2)=C(c2ccc(C)cc2)C1=O. The van der Waals surface area contributed by atoms with Gasteiger partial charge in [0.1, 0.15) is 5.75 Å². The van der Waals surface area contributed by atoms with E-state index in [1.165, 1.54) is 16.7 Å². The van der Waals surface area contributed by atoms with Crippen LogP contribution in [0.15, 0.2) is 82.6 Å². The molecule has 0 N–H and O–H groups in total. The second kappa shape index (κ2) is 9.00. The molecule has 3 aromatic carbocycles. The molecule has 0 aromatic heterocycles. The molecule has 0 bridgehead atoms. The summed E-state index contributed by atoms with van der Waals surface area (Å²) in [5.74, 6) is -0.238. The van der Waals surface area contributed by atoms with Gasteiger partial charge in [0.05, 0.1) is 22.8 Å². The average molecular weight is 450 g/mol. The van der Waals surface area contributed by atoms with Crippen molar-refractivity contribution in [3.05, 3.63) is 93.9 Å². The first-order valence-corrected chi connectivity index (χ1v) is 11.0. The van der Waals surface area contributed by atoms with Crippen LogP contribution in [0, 0.1) is 6.92 Å². The summed E-state index contributed by atoms with van der Waals surface area (Å²) in [6, 6.07) is 21.9. The Kier molecular flexibility index (Phi) is 6.16. The molecule has 0 atom stereocenters. The molecular weight excluding hydrogens is 430 g/mol. The largest absolute Gasteiger partial charge is 0.492 e. The Morgan fingerprint density at radius 1 is 0.903 bits per heavy atom. The lowest BCUT2D eigenvalue weighted by Crippen LogP contribution is -2.31. The molecule has 4 nitrogen and oxygen atoms in total. The molecule has 1 aliphatic heterocycles. The van der Waals surface area contributed by atoms with Crippen LogP contribution in [0.1, 0.15) is 18.1 Å². The standard InChI is InChI=1S/C25H20ClNO3S/c1-3-30-21-7-5-4-6-20(21)27-24(28)22(17-10-8-16(2)9-11-17)23(25(27)29)31-19-14-12-18(26)13-15-19/h4-15H,3H2,1-2H3. The Bertz CT molecular complexity index is 1170. The van der Waals surface area contributed by atoms with Crippen LogP contribution in [0.4, 0.5) is 5.69 Å².